The second-order valence-corrected chi connectivity index (χ2v) is 8.22. The maximum absolute atomic E-state index is 13.2. The Morgan fingerprint density at radius 1 is 1.11 bits per heavy atom. The summed E-state index contributed by atoms with van der Waals surface area (Å²) < 4.78 is 16.3. The van der Waals surface area contributed by atoms with Crippen molar-refractivity contribution in [2.75, 3.05) is 20.3 Å². The summed E-state index contributed by atoms with van der Waals surface area (Å²) in [7, 11) is 1.62. The SMILES string of the molecule is CCOC(=O)[C@@]1(Cc2ccc(OC)cc2)CCCCCN1C(=O)OC(C)(C)C. The molecule has 28 heavy (non-hydrogen) atoms. The lowest BCUT2D eigenvalue weighted by Gasteiger charge is -2.41. The van der Waals surface area contributed by atoms with Crippen LogP contribution in [0, 0.1) is 0 Å². The first-order valence-corrected chi connectivity index (χ1v) is 10.0. The van der Waals surface area contributed by atoms with E-state index in [4.69, 9.17) is 14.2 Å². The van der Waals surface area contributed by atoms with Gasteiger partial charge < -0.3 is 14.2 Å². The van der Waals surface area contributed by atoms with E-state index in [1.807, 2.05) is 45.0 Å². The van der Waals surface area contributed by atoms with Crippen molar-refractivity contribution in [1.82, 2.24) is 4.90 Å². The van der Waals surface area contributed by atoms with E-state index in [1.54, 1.807) is 18.9 Å². The number of esters is 1. The number of nitrogens with zero attached hydrogens (tertiary/aromatic N) is 1. The molecule has 0 bridgehead atoms. The van der Waals surface area contributed by atoms with Gasteiger partial charge in [0.05, 0.1) is 13.7 Å². The maximum atomic E-state index is 13.2. The van der Waals surface area contributed by atoms with Crippen molar-refractivity contribution in [3.63, 3.8) is 0 Å². The topological polar surface area (TPSA) is 65.1 Å². The molecule has 1 aliphatic heterocycles. The predicted octanol–water partition coefficient (Wildman–Crippen LogP) is 4.35. The number of rotatable bonds is 5. The molecule has 0 aromatic heterocycles. The zero-order valence-electron chi connectivity index (χ0n) is 17.7. The highest BCUT2D eigenvalue weighted by molar-refractivity contribution is 5.86. The van der Waals surface area contributed by atoms with Gasteiger partial charge in [0.15, 0.2) is 0 Å². The highest BCUT2D eigenvalue weighted by Gasteiger charge is 2.49. The zero-order chi connectivity index (χ0) is 20.8. The largest absolute Gasteiger partial charge is 0.497 e. The molecule has 1 amide bonds. The summed E-state index contributed by atoms with van der Waals surface area (Å²) in [6, 6.07) is 7.58. The normalized spacial score (nSPS) is 20.2. The van der Waals surface area contributed by atoms with Crippen molar-refractivity contribution in [2.24, 2.45) is 0 Å². The van der Waals surface area contributed by atoms with E-state index in [9.17, 15) is 9.59 Å². The monoisotopic (exact) mass is 391 g/mol. The average Bonchev–Trinajstić information content (AvgIpc) is 2.84. The van der Waals surface area contributed by atoms with E-state index in [1.165, 1.54) is 0 Å². The predicted molar refractivity (Wildman–Crippen MR) is 107 cm³/mol. The molecule has 1 aromatic rings. The van der Waals surface area contributed by atoms with Gasteiger partial charge >= 0.3 is 12.1 Å². The minimum absolute atomic E-state index is 0.269. The van der Waals surface area contributed by atoms with Crippen molar-refractivity contribution >= 4 is 12.1 Å². The summed E-state index contributed by atoms with van der Waals surface area (Å²) >= 11 is 0. The summed E-state index contributed by atoms with van der Waals surface area (Å²) in [6.45, 7) is 8.03. The van der Waals surface area contributed by atoms with Gasteiger partial charge in [-0.3, -0.25) is 4.90 Å². The highest BCUT2D eigenvalue weighted by atomic mass is 16.6. The number of amides is 1. The Labute approximate surface area is 168 Å². The zero-order valence-corrected chi connectivity index (χ0v) is 17.7. The smallest absolute Gasteiger partial charge is 0.411 e. The van der Waals surface area contributed by atoms with Crippen LogP contribution in [0.4, 0.5) is 4.79 Å². The van der Waals surface area contributed by atoms with Gasteiger partial charge in [0.25, 0.3) is 0 Å². The minimum Gasteiger partial charge on any atom is -0.497 e. The molecular weight excluding hydrogens is 358 g/mol. The molecule has 156 valence electrons. The summed E-state index contributed by atoms with van der Waals surface area (Å²) in [5.41, 5.74) is -0.753. The number of hydrogen-bond donors (Lipinski definition) is 0. The Bertz CT molecular complexity index is 664. The first-order valence-electron chi connectivity index (χ1n) is 10.0. The quantitative estimate of drug-likeness (QED) is 0.698. The lowest BCUT2D eigenvalue weighted by Crippen LogP contribution is -2.59. The number of carbonyl (C=O) groups excluding carboxylic acids is 2. The van der Waals surface area contributed by atoms with Crippen LogP contribution in [0.2, 0.25) is 0 Å². The molecule has 6 nitrogen and oxygen atoms in total. The van der Waals surface area contributed by atoms with Gasteiger partial charge in [-0.2, -0.15) is 0 Å². The van der Waals surface area contributed by atoms with E-state index in [2.05, 4.69) is 0 Å². The van der Waals surface area contributed by atoms with Crippen molar-refractivity contribution in [3.8, 4) is 5.75 Å². The van der Waals surface area contributed by atoms with Crippen molar-refractivity contribution < 1.29 is 23.8 Å². The number of likely N-dealkylation sites (tertiary alicyclic amines) is 1. The van der Waals surface area contributed by atoms with Crippen LogP contribution in [-0.2, 0) is 20.7 Å². The summed E-state index contributed by atoms with van der Waals surface area (Å²) in [5, 5.41) is 0. The number of benzene rings is 1. The van der Waals surface area contributed by atoms with E-state index in [-0.39, 0.29) is 12.6 Å². The molecule has 1 aliphatic rings. The first-order chi connectivity index (χ1) is 13.2. The standard InChI is InChI=1S/C22H33NO5/c1-6-27-19(24)22(16-17-10-12-18(26-5)13-11-17)14-8-7-9-15-23(22)20(25)28-21(2,3)4/h10-13H,6-9,14-16H2,1-5H3/t22-/m0/s1. The van der Waals surface area contributed by atoms with Crippen LogP contribution in [-0.4, -0.2) is 48.4 Å². The molecule has 0 N–H and O–H groups in total. The third kappa shape index (κ3) is 5.40. The van der Waals surface area contributed by atoms with Gasteiger partial charge in [0.1, 0.15) is 16.9 Å². The maximum Gasteiger partial charge on any atom is 0.411 e. The summed E-state index contributed by atoms with van der Waals surface area (Å²) in [4.78, 5) is 27.8. The molecule has 0 radical (unpaired) electrons. The Morgan fingerprint density at radius 2 is 1.79 bits per heavy atom. The average molecular weight is 392 g/mol. The third-order valence-electron chi connectivity index (χ3n) is 4.91. The lowest BCUT2D eigenvalue weighted by atomic mass is 9.85. The number of methoxy groups -OCH3 is 1. The van der Waals surface area contributed by atoms with Gasteiger partial charge in [-0.05, 0) is 58.2 Å². The lowest BCUT2D eigenvalue weighted by molar-refractivity contribution is -0.158. The van der Waals surface area contributed by atoms with Crippen LogP contribution in [0.15, 0.2) is 24.3 Å². The molecular formula is C22H33NO5. The fraction of sp³-hybridized carbons (Fsp3) is 0.636. The van der Waals surface area contributed by atoms with Crippen LogP contribution < -0.4 is 4.74 Å². The van der Waals surface area contributed by atoms with Crippen LogP contribution in [0.1, 0.15) is 58.9 Å². The molecule has 0 spiro atoms. The molecule has 1 atom stereocenters. The Balaban J connectivity index is 2.44. The molecule has 0 unspecified atom stereocenters. The van der Waals surface area contributed by atoms with Gasteiger partial charge in [0.2, 0.25) is 0 Å². The number of ether oxygens (including phenoxy) is 3. The molecule has 0 saturated carbocycles. The van der Waals surface area contributed by atoms with Gasteiger partial charge in [-0.25, -0.2) is 9.59 Å². The van der Waals surface area contributed by atoms with Crippen LogP contribution in [0.5, 0.6) is 5.75 Å². The fourth-order valence-electron chi connectivity index (χ4n) is 3.61. The molecule has 1 heterocycles. The van der Waals surface area contributed by atoms with Gasteiger partial charge in [0, 0.05) is 13.0 Å². The van der Waals surface area contributed by atoms with Crippen molar-refractivity contribution in [2.45, 2.75) is 70.9 Å². The second-order valence-electron chi connectivity index (χ2n) is 8.22. The number of hydrogen-bond acceptors (Lipinski definition) is 5. The Morgan fingerprint density at radius 3 is 2.36 bits per heavy atom. The van der Waals surface area contributed by atoms with E-state index >= 15 is 0 Å². The molecule has 1 aromatic carbocycles. The van der Waals surface area contributed by atoms with Crippen LogP contribution >= 0.6 is 0 Å². The van der Waals surface area contributed by atoms with E-state index < -0.39 is 17.2 Å². The Hall–Kier alpha value is -2.24. The van der Waals surface area contributed by atoms with Gasteiger partial charge in [-0.15, -0.1) is 0 Å². The third-order valence-corrected chi connectivity index (χ3v) is 4.91. The fourth-order valence-corrected chi connectivity index (χ4v) is 3.61. The van der Waals surface area contributed by atoms with Crippen LogP contribution in [0.3, 0.4) is 0 Å². The summed E-state index contributed by atoms with van der Waals surface area (Å²) in [5.74, 6) is 0.386. The van der Waals surface area contributed by atoms with Gasteiger partial charge in [-0.1, -0.05) is 25.0 Å². The van der Waals surface area contributed by atoms with E-state index in [0.29, 0.717) is 19.4 Å². The molecule has 1 saturated heterocycles. The molecule has 0 aliphatic carbocycles. The number of carbonyl (C=O) groups is 2. The molecule has 2 rings (SSSR count). The Kier molecular flexibility index (Phi) is 7.33. The molecule has 6 heteroatoms. The van der Waals surface area contributed by atoms with Crippen LogP contribution in [0.25, 0.3) is 0 Å². The highest BCUT2D eigenvalue weighted by Crippen LogP contribution is 2.34. The van der Waals surface area contributed by atoms with Crippen molar-refractivity contribution in [1.29, 1.82) is 0 Å². The minimum atomic E-state index is -1.07. The second kappa shape index (κ2) is 9.30. The summed E-state index contributed by atoms with van der Waals surface area (Å²) in [6.07, 6.45) is 3.13. The van der Waals surface area contributed by atoms with Crippen molar-refractivity contribution in [3.05, 3.63) is 29.8 Å². The van der Waals surface area contributed by atoms with E-state index in [0.717, 1.165) is 30.6 Å². The molecule has 1 fully saturated rings. The first kappa shape index (κ1) is 22.1.